The summed E-state index contributed by atoms with van der Waals surface area (Å²) in [5, 5.41) is 11.8. The fourth-order valence-corrected chi connectivity index (χ4v) is 2.93. The van der Waals surface area contributed by atoms with E-state index in [4.69, 9.17) is 5.73 Å². The summed E-state index contributed by atoms with van der Waals surface area (Å²) in [7, 11) is 1.59. The second kappa shape index (κ2) is 6.33. The number of H-pyrrole nitrogens is 1. The zero-order chi connectivity index (χ0) is 18.1. The third-order valence-corrected chi connectivity index (χ3v) is 4.24. The average Bonchev–Trinajstić information content (AvgIpc) is 3.17. The van der Waals surface area contributed by atoms with Crippen LogP contribution in [0.5, 0.6) is 0 Å². The molecule has 0 spiro atoms. The third kappa shape index (κ3) is 2.67. The lowest BCUT2D eigenvalue weighted by Gasteiger charge is -2.11. The zero-order valence-electron chi connectivity index (χ0n) is 14.2. The van der Waals surface area contributed by atoms with Crippen LogP contribution in [0.1, 0.15) is 0 Å². The molecule has 4 aromatic rings. The van der Waals surface area contributed by atoms with Gasteiger partial charge < -0.3 is 5.73 Å². The van der Waals surface area contributed by atoms with Crippen LogP contribution in [-0.2, 0) is 7.05 Å². The quantitative estimate of drug-likeness (QED) is 0.598. The first kappa shape index (κ1) is 15.8. The molecule has 0 aliphatic carbocycles. The molecule has 2 aromatic heterocycles. The van der Waals surface area contributed by atoms with Crippen LogP contribution in [0.3, 0.4) is 0 Å². The minimum Gasteiger partial charge on any atom is -0.394 e. The number of benzene rings is 2. The molecule has 26 heavy (non-hydrogen) atoms. The van der Waals surface area contributed by atoms with Gasteiger partial charge in [0.2, 0.25) is 0 Å². The molecule has 0 amide bonds. The van der Waals surface area contributed by atoms with E-state index in [0.29, 0.717) is 17.0 Å². The fourth-order valence-electron chi connectivity index (χ4n) is 2.93. The third-order valence-electron chi connectivity index (χ3n) is 4.24. The van der Waals surface area contributed by atoms with Crippen molar-refractivity contribution in [1.82, 2.24) is 20.0 Å². The maximum atomic E-state index is 12.4. The van der Waals surface area contributed by atoms with Crippen molar-refractivity contribution in [2.75, 3.05) is 5.73 Å². The first-order chi connectivity index (χ1) is 12.6. The predicted octanol–water partition coefficient (Wildman–Crippen LogP) is 3.09. The Kier molecular flexibility index (Phi) is 3.85. The van der Waals surface area contributed by atoms with Crippen molar-refractivity contribution in [3.63, 3.8) is 0 Å². The van der Waals surface area contributed by atoms with E-state index in [9.17, 15) is 4.79 Å². The van der Waals surface area contributed by atoms with E-state index >= 15 is 0 Å². The van der Waals surface area contributed by atoms with E-state index in [-0.39, 0.29) is 11.2 Å². The number of hydrogen-bond donors (Lipinski definition) is 2. The van der Waals surface area contributed by atoms with Crippen molar-refractivity contribution in [1.29, 1.82) is 0 Å². The first-order valence-corrected chi connectivity index (χ1v) is 8.18. The second-order valence-electron chi connectivity index (χ2n) is 5.96. The van der Waals surface area contributed by atoms with Gasteiger partial charge in [0.25, 0.3) is 5.56 Å². The molecular formula is C20H17N5O. The lowest BCUT2D eigenvalue weighted by atomic mass is 10.0. The Morgan fingerprint density at radius 1 is 0.962 bits per heavy atom. The summed E-state index contributed by atoms with van der Waals surface area (Å²) in [5.74, 6) is 0. The molecule has 0 aliphatic heterocycles. The van der Waals surface area contributed by atoms with Crippen molar-refractivity contribution in [3.8, 4) is 33.8 Å². The molecule has 0 fully saturated rings. The molecule has 4 rings (SSSR count). The lowest BCUT2D eigenvalue weighted by Crippen LogP contribution is -2.24. The number of nitrogens with two attached hydrogens (primary N) is 1. The Morgan fingerprint density at radius 3 is 2.23 bits per heavy atom. The van der Waals surface area contributed by atoms with Crippen LogP contribution in [0.25, 0.3) is 33.8 Å². The molecule has 0 bridgehead atoms. The summed E-state index contributed by atoms with van der Waals surface area (Å²) in [6, 6.07) is 21.3. The van der Waals surface area contributed by atoms with Gasteiger partial charge in [0.1, 0.15) is 11.4 Å². The predicted molar refractivity (Wildman–Crippen MR) is 102 cm³/mol. The molecule has 128 valence electrons. The van der Waals surface area contributed by atoms with Crippen LogP contribution < -0.4 is 11.3 Å². The number of nitrogens with one attached hydrogen (secondary N) is 1. The fraction of sp³-hybridized carbons (Fsp3) is 0.0500. The number of rotatable bonds is 3. The number of hydrogen-bond acceptors (Lipinski definition) is 4. The van der Waals surface area contributed by atoms with Gasteiger partial charge in [0.15, 0.2) is 0 Å². The molecule has 0 radical (unpaired) electrons. The highest BCUT2D eigenvalue weighted by molar-refractivity contribution is 5.87. The van der Waals surface area contributed by atoms with Crippen molar-refractivity contribution < 1.29 is 0 Å². The van der Waals surface area contributed by atoms with E-state index in [0.717, 1.165) is 16.8 Å². The molecule has 2 aromatic carbocycles. The summed E-state index contributed by atoms with van der Waals surface area (Å²) < 4.78 is 1.26. The molecule has 6 heteroatoms. The maximum absolute atomic E-state index is 12.4. The maximum Gasteiger partial charge on any atom is 0.290 e. The van der Waals surface area contributed by atoms with Crippen molar-refractivity contribution in [2.24, 2.45) is 7.05 Å². The van der Waals surface area contributed by atoms with Gasteiger partial charge in [-0.05, 0) is 6.07 Å². The van der Waals surface area contributed by atoms with E-state index in [1.807, 2.05) is 66.7 Å². The van der Waals surface area contributed by atoms with E-state index in [1.165, 1.54) is 4.68 Å². The Balaban J connectivity index is 1.93. The van der Waals surface area contributed by atoms with Crippen molar-refractivity contribution >= 4 is 5.69 Å². The molecule has 2 heterocycles. The summed E-state index contributed by atoms with van der Waals surface area (Å²) in [6.07, 6.45) is 0. The van der Waals surface area contributed by atoms with Crippen LogP contribution >= 0.6 is 0 Å². The van der Waals surface area contributed by atoms with Gasteiger partial charge in [-0.25, -0.2) is 4.68 Å². The number of aromatic nitrogens is 4. The summed E-state index contributed by atoms with van der Waals surface area (Å²) >= 11 is 0. The summed E-state index contributed by atoms with van der Waals surface area (Å²) in [4.78, 5) is 12.4. The van der Waals surface area contributed by atoms with Crippen LogP contribution in [0.15, 0.2) is 71.5 Å². The minimum absolute atomic E-state index is 0.143. The molecular weight excluding hydrogens is 326 g/mol. The Hall–Kier alpha value is -3.67. The van der Waals surface area contributed by atoms with E-state index in [2.05, 4.69) is 15.3 Å². The SMILES string of the molecule is Cn1nc(-c2ccccc2)c(-c2cc(-c3ccccc3)n[nH]2)c(N)c1=O. The topological polar surface area (TPSA) is 89.6 Å². The number of aromatic amines is 1. The standard InChI is InChI=1S/C20H17N5O/c1-25-20(26)18(21)17(19(24-25)14-10-6-3-7-11-14)16-12-15(22-23-16)13-8-4-2-5-9-13/h2-12H,21H2,1H3,(H,22,23). The Bertz CT molecular complexity index is 1110. The van der Waals surface area contributed by atoms with Crippen molar-refractivity contribution in [2.45, 2.75) is 0 Å². The Labute approximate surface area is 149 Å². The number of nitrogen functional groups attached to an aromatic ring is 1. The normalized spacial score (nSPS) is 10.8. The van der Waals surface area contributed by atoms with Gasteiger partial charge in [-0.15, -0.1) is 0 Å². The minimum atomic E-state index is -0.337. The van der Waals surface area contributed by atoms with Gasteiger partial charge >= 0.3 is 0 Å². The van der Waals surface area contributed by atoms with Gasteiger partial charge in [-0.3, -0.25) is 9.89 Å². The van der Waals surface area contributed by atoms with Crippen molar-refractivity contribution in [3.05, 3.63) is 77.1 Å². The molecule has 0 unspecified atom stereocenters. The molecule has 0 atom stereocenters. The molecule has 3 N–H and O–H groups in total. The molecule has 0 aliphatic rings. The van der Waals surface area contributed by atoms with Crippen LogP contribution in [-0.4, -0.2) is 20.0 Å². The van der Waals surface area contributed by atoms with Crippen LogP contribution in [0.4, 0.5) is 5.69 Å². The van der Waals surface area contributed by atoms with Crippen LogP contribution in [0.2, 0.25) is 0 Å². The summed E-state index contributed by atoms with van der Waals surface area (Å²) in [5.41, 5.74) is 10.5. The smallest absolute Gasteiger partial charge is 0.290 e. The van der Waals surface area contributed by atoms with Gasteiger partial charge in [0, 0.05) is 18.2 Å². The molecule has 0 saturated carbocycles. The highest BCUT2D eigenvalue weighted by Gasteiger charge is 2.19. The van der Waals surface area contributed by atoms with Gasteiger partial charge in [-0.2, -0.15) is 10.2 Å². The van der Waals surface area contributed by atoms with Gasteiger partial charge in [0.05, 0.1) is 17.0 Å². The highest BCUT2D eigenvalue weighted by Crippen LogP contribution is 2.33. The van der Waals surface area contributed by atoms with Gasteiger partial charge in [-0.1, -0.05) is 60.7 Å². The monoisotopic (exact) mass is 343 g/mol. The summed E-state index contributed by atoms with van der Waals surface area (Å²) in [6.45, 7) is 0. The van der Waals surface area contributed by atoms with Crippen LogP contribution in [0, 0.1) is 0 Å². The first-order valence-electron chi connectivity index (χ1n) is 8.18. The highest BCUT2D eigenvalue weighted by atomic mass is 16.1. The van der Waals surface area contributed by atoms with E-state index < -0.39 is 0 Å². The zero-order valence-corrected chi connectivity index (χ0v) is 14.2. The number of anilines is 1. The lowest BCUT2D eigenvalue weighted by molar-refractivity contribution is 0.716. The number of aryl methyl sites for hydroxylation is 1. The second-order valence-corrected chi connectivity index (χ2v) is 5.96. The molecule has 6 nitrogen and oxygen atoms in total. The largest absolute Gasteiger partial charge is 0.394 e. The molecule has 0 saturated heterocycles. The Morgan fingerprint density at radius 2 is 1.58 bits per heavy atom. The number of nitrogens with zero attached hydrogens (tertiary/aromatic N) is 3. The average molecular weight is 343 g/mol. The van der Waals surface area contributed by atoms with E-state index in [1.54, 1.807) is 7.05 Å².